The number of hydrogen-bond acceptors (Lipinski definition) is 4. The number of aldehydes is 1. The fourth-order valence-corrected chi connectivity index (χ4v) is 1.04. The minimum atomic E-state index is -0.133. The van der Waals surface area contributed by atoms with Crippen molar-refractivity contribution in [2.45, 2.75) is 12.1 Å². The van der Waals surface area contributed by atoms with Crippen molar-refractivity contribution in [3.05, 3.63) is 0 Å². The van der Waals surface area contributed by atoms with E-state index in [1.807, 2.05) is 0 Å². The number of piperazine rings is 1. The predicted octanol–water partition coefficient (Wildman–Crippen LogP) is -1.89. The first-order valence-electron chi connectivity index (χ1n) is 3.39. The smallest absolute Gasteiger partial charge is 0.138 e. The Morgan fingerprint density at radius 2 is 2.40 bits per heavy atom. The van der Waals surface area contributed by atoms with Crippen LogP contribution in [0.2, 0.25) is 0 Å². The largest absolute Gasteiger partial charge is 0.395 e. The van der Waals surface area contributed by atoms with Gasteiger partial charge in [-0.1, -0.05) is 0 Å². The van der Waals surface area contributed by atoms with Gasteiger partial charge in [-0.25, -0.2) is 0 Å². The zero-order valence-electron chi connectivity index (χ0n) is 5.71. The molecule has 58 valence electrons. The summed E-state index contributed by atoms with van der Waals surface area (Å²) in [6.45, 7) is 1.48. The number of aliphatic hydroxyl groups is 1. The predicted molar refractivity (Wildman–Crippen MR) is 36.7 cm³/mol. The summed E-state index contributed by atoms with van der Waals surface area (Å²) in [6.07, 6.45) is 0.856. The maximum atomic E-state index is 10.2. The van der Waals surface area contributed by atoms with Crippen LogP contribution in [0, 0.1) is 0 Å². The lowest BCUT2D eigenvalue weighted by atomic mass is 10.2. The Morgan fingerprint density at radius 1 is 1.60 bits per heavy atom. The molecule has 0 aliphatic carbocycles. The van der Waals surface area contributed by atoms with Crippen molar-refractivity contribution in [3.63, 3.8) is 0 Å². The molecule has 3 N–H and O–H groups in total. The topological polar surface area (TPSA) is 61.4 Å². The molecule has 0 aromatic heterocycles. The lowest BCUT2D eigenvalue weighted by molar-refractivity contribution is -0.110. The molecule has 1 heterocycles. The van der Waals surface area contributed by atoms with E-state index in [9.17, 15) is 4.79 Å². The van der Waals surface area contributed by atoms with Gasteiger partial charge in [0.1, 0.15) is 6.29 Å². The van der Waals surface area contributed by atoms with Crippen LogP contribution in [0.15, 0.2) is 0 Å². The maximum absolute atomic E-state index is 10.2. The Bertz CT molecular complexity index is 118. The van der Waals surface area contributed by atoms with Crippen molar-refractivity contribution < 1.29 is 9.90 Å². The normalized spacial score (nSPS) is 33.7. The van der Waals surface area contributed by atoms with Gasteiger partial charge in [0.05, 0.1) is 12.6 Å². The average Bonchev–Trinajstić information content (AvgIpc) is 2.05. The van der Waals surface area contributed by atoms with E-state index >= 15 is 0 Å². The second-order valence-corrected chi connectivity index (χ2v) is 2.45. The first-order valence-corrected chi connectivity index (χ1v) is 3.39. The fraction of sp³-hybridized carbons (Fsp3) is 0.833. The molecule has 4 heteroatoms. The molecule has 0 bridgehead atoms. The molecule has 1 rings (SSSR count). The zero-order chi connectivity index (χ0) is 7.40. The molecule has 1 fully saturated rings. The molecule has 4 nitrogen and oxygen atoms in total. The summed E-state index contributed by atoms with van der Waals surface area (Å²) in [4.78, 5) is 10.2. The van der Waals surface area contributed by atoms with Gasteiger partial charge < -0.3 is 20.5 Å². The van der Waals surface area contributed by atoms with Gasteiger partial charge in [0, 0.05) is 19.1 Å². The van der Waals surface area contributed by atoms with Gasteiger partial charge >= 0.3 is 0 Å². The van der Waals surface area contributed by atoms with E-state index in [2.05, 4.69) is 10.6 Å². The van der Waals surface area contributed by atoms with Gasteiger partial charge in [-0.15, -0.1) is 0 Å². The van der Waals surface area contributed by atoms with Gasteiger partial charge in [-0.05, 0) is 0 Å². The molecule has 0 aromatic rings. The summed E-state index contributed by atoms with van der Waals surface area (Å²) in [5.41, 5.74) is 0. The molecule has 0 aromatic carbocycles. The van der Waals surface area contributed by atoms with Crippen molar-refractivity contribution in [3.8, 4) is 0 Å². The van der Waals surface area contributed by atoms with Gasteiger partial charge in [0.15, 0.2) is 0 Å². The molecule has 1 aliphatic heterocycles. The second-order valence-electron chi connectivity index (χ2n) is 2.45. The van der Waals surface area contributed by atoms with E-state index in [1.54, 1.807) is 0 Å². The lowest BCUT2D eigenvalue weighted by Gasteiger charge is -2.27. The summed E-state index contributed by atoms with van der Waals surface area (Å²) in [5, 5.41) is 14.7. The van der Waals surface area contributed by atoms with Crippen LogP contribution >= 0.6 is 0 Å². The summed E-state index contributed by atoms with van der Waals surface area (Å²) >= 11 is 0. The summed E-state index contributed by atoms with van der Waals surface area (Å²) in [6, 6.07) is -0.102. The second kappa shape index (κ2) is 3.65. The van der Waals surface area contributed by atoms with Gasteiger partial charge in [0.2, 0.25) is 0 Å². The monoisotopic (exact) mass is 144 g/mol. The Labute approximate surface area is 59.6 Å². The van der Waals surface area contributed by atoms with Crippen molar-refractivity contribution in [2.24, 2.45) is 0 Å². The Kier molecular flexibility index (Phi) is 2.80. The SMILES string of the molecule is O=CC1CNCC(CO)N1. The van der Waals surface area contributed by atoms with E-state index in [0.717, 1.165) is 12.8 Å². The molecule has 1 aliphatic rings. The average molecular weight is 144 g/mol. The minimum absolute atomic E-state index is 0.0314. The first kappa shape index (κ1) is 7.65. The van der Waals surface area contributed by atoms with Crippen molar-refractivity contribution in [1.82, 2.24) is 10.6 Å². The van der Waals surface area contributed by atoms with Crippen LogP contribution < -0.4 is 10.6 Å². The summed E-state index contributed by atoms with van der Waals surface area (Å²) in [7, 11) is 0. The summed E-state index contributed by atoms with van der Waals surface area (Å²) in [5.74, 6) is 0. The van der Waals surface area contributed by atoms with Crippen molar-refractivity contribution >= 4 is 6.29 Å². The first-order chi connectivity index (χ1) is 4.86. The lowest BCUT2D eigenvalue weighted by Crippen LogP contribution is -2.56. The fourth-order valence-electron chi connectivity index (χ4n) is 1.04. The van der Waals surface area contributed by atoms with Crippen molar-refractivity contribution in [1.29, 1.82) is 0 Å². The van der Waals surface area contributed by atoms with E-state index in [4.69, 9.17) is 5.11 Å². The minimum Gasteiger partial charge on any atom is -0.395 e. The van der Waals surface area contributed by atoms with E-state index in [1.165, 1.54) is 0 Å². The standard InChI is InChI=1S/C6H12N2O2/c9-3-5-1-7-2-6(4-10)8-5/h3,5-8,10H,1-2,4H2. The van der Waals surface area contributed by atoms with E-state index in [-0.39, 0.29) is 18.7 Å². The Balaban J connectivity index is 2.31. The van der Waals surface area contributed by atoms with Crippen LogP contribution in [-0.2, 0) is 4.79 Å². The quantitative estimate of drug-likeness (QED) is 0.396. The zero-order valence-corrected chi connectivity index (χ0v) is 5.71. The molecule has 0 amide bonds. The van der Waals surface area contributed by atoms with Crippen LogP contribution in [0.1, 0.15) is 0 Å². The van der Waals surface area contributed by atoms with Gasteiger partial charge in [0.25, 0.3) is 0 Å². The van der Waals surface area contributed by atoms with Crippen molar-refractivity contribution in [2.75, 3.05) is 19.7 Å². The highest BCUT2D eigenvalue weighted by Crippen LogP contribution is 1.89. The highest BCUT2D eigenvalue weighted by atomic mass is 16.3. The highest BCUT2D eigenvalue weighted by Gasteiger charge is 2.18. The van der Waals surface area contributed by atoms with Crippen LogP contribution in [0.25, 0.3) is 0 Å². The third-order valence-electron chi connectivity index (χ3n) is 1.59. The van der Waals surface area contributed by atoms with Crippen LogP contribution in [0.4, 0.5) is 0 Å². The molecule has 1 saturated heterocycles. The van der Waals surface area contributed by atoms with E-state index < -0.39 is 0 Å². The molecule has 2 unspecified atom stereocenters. The van der Waals surface area contributed by atoms with Gasteiger partial charge in [-0.3, -0.25) is 0 Å². The highest BCUT2D eigenvalue weighted by molar-refractivity contribution is 5.58. The molecular formula is C6H12N2O2. The molecule has 0 radical (unpaired) electrons. The third kappa shape index (κ3) is 1.76. The number of aliphatic hydroxyl groups excluding tert-OH is 1. The molecule has 0 spiro atoms. The number of carbonyl (C=O) groups excluding carboxylic acids is 1. The molecular weight excluding hydrogens is 132 g/mol. The number of carbonyl (C=O) groups is 1. The number of rotatable bonds is 2. The maximum Gasteiger partial charge on any atom is 0.138 e. The summed E-state index contributed by atoms with van der Waals surface area (Å²) < 4.78 is 0. The van der Waals surface area contributed by atoms with Crippen LogP contribution in [-0.4, -0.2) is 43.2 Å². The Morgan fingerprint density at radius 3 is 3.00 bits per heavy atom. The van der Waals surface area contributed by atoms with Crippen LogP contribution in [0.5, 0.6) is 0 Å². The number of hydrogen-bond donors (Lipinski definition) is 3. The van der Waals surface area contributed by atoms with Crippen LogP contribution in [0.3, 0.4) is 0 Å². The molecule has 2 atom stereocenters. The number of nitrogens with one attached hydrogen (secondary N) is 2. The van der Waals surface area contributed by atoms with Gasteiger partial charge in [-0.2, -0.15) is 0 Å². The molecule has 10 heavy (non-hydrogen) atoms. The Hall–Kier alpha value is -0.450. The third-order valence-corrected chi connectivity index (χ3v) is 1.59. The molecule has 0 saturated carbocycles. The van der Waals surface area contributed by atoms with E-state index in [0.29, 0.717) is 6.54 Å².